The Kier molecular flexibility index (Phi) is 5.60. The van der Waals surface area contributed by atoms with Crippen molar-refractivity contribution in [3.05, 3.63) is 103 Å². The average Bonchev–Trinajstić information content (AvgIpc) is 3.22. The molecule has 0 amide bonds. The highest BCUT2D eigenvalue weighted by Crippen LogP contribution is 2.48. The Morgan fingerprint density at radius 2 is 1.19 bits per heavy atom. The molecular formula is C34H30BO2. The van der Waals surface area contributed by atoms with E-state index < -0.39 is 11.2 Å². The maximum absolute atomic E-state index is 10.5. The first kappa shape index (κ1) is 23.7. The Bertz CT molecular complexity index is 1630. The topological polar surface area (TPSA) is 29.5 Å². The van der Waals surface area contributed by atoms with Gasteiger partial charge in [0.1, 0.15) is 0 Å². The Hall–Kier alpha value is -3.66. The van der Waals surface area contributed by atoms with Crippen molar-refractivity contribution in [3.63, 3.8) is 0 Å². The summed E-state index contributed by atoms with van der Waals surface area (Å²) in [6.07, 6.45) is 0. The molecule has 1 radical (unpaired) electrons. The highest BCUT2D eigenvalue weighted by molar-refractivity contribution is 6.52. The van der Waals surface area contributed by atoms with Crippen LogP contribution in [0.1, 0.15) is 27.7 Å². The van der Waals surface area contributed by atoms with Crippen molar-refractivity contribution in [2.75, 3.05) is 0 Å². The first-order valence-corrected chi connectivity index (χ1v) is 12.8. The van der Waals surface area contributed by atoms with Gasteiger partial charge in [0.25, 0.3) is 0 Å². The van der Waals surface area contributed by atoms with Crippen molar-refractivity contribution in [2.24, 2.45) is 0 Å². The molecule has 1 aliphatic rings. The molecule has 2 nitrogen and oxygen atoms in total. The Morgan fingerprint density at radius 1 is 0.568 bits per heavy atom. The van der Waals surface area contributed by atoms with E-state index in [1.54, 1.807) is 21.3 Å². The van der Waals surface area contributed by atoms with Gasteiger partial charge >= 0.3 is 7.48 Å². The smallest absolute Gasteiger partial charge is 0.331 e. The van der Waals surface area contributed by atoms with Gasteiger partial charge in [0.2, 0.25) is 0 Å². The molecule has 1 N–H and O–H groups in total. The Balaban J connectivity index is 1.43. The standard InChI is InChI=1S/C34H30BO2/c1-33(2,36)34(3,4)37-35-31-20-19-28-26-18-17-23(21-30(26)27-15-10-16-29(31)32(27)28)25-14-9-8-13-24(25)22-11-6-5-7-12-22/h5-21,36H,1-4H3. The molecule has 37 heavy (non-hydrogen) atoms. The number of hydrogen-bond acceptors (Lipinski definition) is 2. The van der Waals surface area contributed by atoms with Crippen LogP contribution in [0.25, 0.3) is 55.3 Å². The van der Waals surface area contributed by atoms with E-state index >= 15 is 0 Å². The fraction of sp³-hybridized carbons (Fsp3) is 0.176. The molecule has 181 valence electrons. The minimum absolute atomic E-state index is 0.722. The van der Waals surface area contributed by atoms with Crippen LogP contribution in [-0.2, 0) is 4.65 Å². The molecular weight excluding hydrogens is 451 g/mol. The van der Waals surface area contributed by atoms with Crippen LogP contribution in [0.3, 0.4) is 0 Å². The first-order valence-electron chi connectivity index (χ1n) is 12.8. The van der Waals surface area contributed by atoms with E-state index in [-0.39, 0.29) is 0 Å². The maximum Gasteiger partial charge on any atom is 0.331 e. The van der Waals surface area contributed by atoms with E-state index in [1.165, 1.54) is 49.9 Å². The van der Waals surface area contributed by atoms with E-state index in [4.69, 9.17) is 4.65 Å². The summed E-state index contributed by atoms with van der Waals surface area (Å²) >= 11 is 0. The van der Waals surface area contributed by atoms with Crippen LogP contribution in [0.2, 0.25) is 0 Å². The van der Waals surface area contributed by atoms with E-state index in [0.29, 0.717) is 0 Å². The number of hydrogen-bond donors (Lipinski definition) is 1. The van der Waals surface area contributed by atoms with Gasteiger partial charge in [0.05, 0.1) is 11.2 Å². The second-order valence-corrected chi connectivity index (χ2v) is 10.9. The average molecular weight is 481 g/mol. The van der Waals surface area contributed by atoms with Crippen molar-refractivity contribution in [1.82, 2.24) is 0 Å². The van der Waals surface area contributed by atoms with Crippen molar-refractivity contribution in [3.8, 4) is 44.5 Å². The third kappa shape index (κ3) is 3.99. The predicted octanol–water partition coefficient (Wildman–Crippen LogP) is 7.63. The third-order valence-corrected chi connectivity index (χ3v) is 7.95. The molecule has 0 fully saturated rings. The van der Waals surface area contributed by atoms with Crippen molar-refractivity contribution in [1.29, 1.82) is 0 Å². The number of rotatable bonds is 6. The summed E-state index contributed by atoms with van der Waals surface area (Å²) in [5.41, 5.74) is 9.24. The normalized spacial score (nSPS) is 12.6. The molecule has 0 atom stereocenters. The second-order valence-electron chi connectivity index (χ2n) is 10.9. The largest absolute Gasteiger partial charge is 0.427 e. The molecule has 0 unspecified atom stereocenters. The van der Waals surface area contributed by atoms with E-state index in [2.05, 4.69) is 103 Å². The lowest BCUT2D eigenvalue weighted by molar-refractivity contribution is -0.0893. The summed E-state index contributed by atoms with van der Waals surface area (Å²) in [7, 11) is 1.80. The minimum Gasteiger partial charge on any atom is -0.427 e. The van der Waals surface area contributed by atoms with Gasteiger partial charge in [0, 0.05) is 0 Å². The summed E-state index contributed by atoms with van der Waals surface area (Å²) in [6, 6.07) is 36.9. The second kappa shape index (κ2) is 8.73. The van der Waals surface area contributed by atoms with Gasteiger partial charge in [-0.25, -0.2) is 0 Å². The summed E-state index contributed by atoms with van der Waals surface area (Å²) in [4.78, 5) is 0. The number of fused-ring (bicyclic) bond motifs is 3. The van der Waals surface area contributed by atoms with E-state index in [0.717, 1.165) is 10.8 Å². The molecule has 5 aromatic carbocycles. The Morgan fingerprint density at radius 3 is 1.92 bits per heavy atom. The first-order chi connectivity index (χ1) is 17.7. The molecule has 3 heteroatoms. The van der Waals surface area contributed by atoms with Crippen molar-refractivity contribution >= 4 is 23.7 Å². The van der Waals surface area contributed by atoms with Crippen molar-refractivity contribution < 1.29 is 9.76 Å². The lowest BCUT2D eigenvalue weighted by atomic mass is 9.79. The zero-order valence-electron chi connectivity index (χ0n) is 21.7. The zero-order chi connectivity index (χ0) is 25.8. The molecule has 1 aliphatic carbocycles. The molecule has 0 spiro atoms. The van der Waals surface area contributed by atoms with Crippen LogP contribution in [0.5, 0.6) is 0 Å². The van der Waals surface area contributed by atoms with E-state index in [1.807, 2.05) is 13.8 Å². The number of aliphatic hydroxyl groups is 1. The summed E-state index contributed by atoms with van der Waals surface area (Å²) < 4.78 is 6.12. The maximum atomic E-state index is 10.5. The molecule has 0 aromatic heterocycles. The predicted molar refractivity (Wildman–Crippen MR) is 156 cm³/mol. The lowest BCUT2D eigenvalue weighted by Gasteiger charge is -2.37. The summed E-state index contributed by atoms with van der Waals surface area (Å²) in [6.45, 7) is 7.37. The van der Waals surface area contributed by atoms with Gasteiger partial charge in [0.15, 0.2) is 0 Å². The highest BCUT2D eigenvalue weighted by Gasteiger charge is 2.36. The van der Waals surface area contributed by atoms with Gasteiger partial charge < -0.3 is 9.76 Å². The molecule has 0 heterocycles. The van der Waals surface area contributed by atoms with Crippen LogP contribution in [-0.4, -0.2) is 23.8 Å². The third-order valence-electron chi connectivity index (χ3n) is 7.95. The monoisotopic (exact) mass is 481 g/mol. The lowest BCUT2D eigenvalue weighted by Crippen LogP contribution is -2.49. The fourth-order valence-corrected chi connectivity index (χ4v) is 5.11. The van der Waals surface area contributed by atoms with Gasteiger partial charge in [-0.05, 0) is 94.5 Å². The van der Waals surface area contributed by atoms with Gasteiger partial charge in [-0.2, -0.15) is 0 Å². The quantitative estimate of drug-likeness (QED) is 0.248. The minimum atomic E-state index is -0.971. The van der Waals surface area contributed by atoms with Crippen LogP contribution >= 0.6 is 0 Å². The fourth-order valence-electron chi connectivity index (χ4n) is 5.11. The van der Waals surface area contributed by atoms with Gasteiger partial charge in [-0.3, -0.25) is 0 Å². The van der Waals surface area contributed by atoms with Crippen LogP contribution in [0, 0.1) is 0 Å². The van der Waals surface area contributed by atoms with E-state index in [9.17, 15) is 5.11 Å². The number of benzene rings is 5. The van der Waals surface area contributed by atoms with Crippen LogP contribution in [0.15, 0.2) is 103 Å². The highest BCUT2D eigenvalue weighted by atomic mass is 16.5. The molecule has 0 saturated heterocycles. The van der Waals surface area contributed by atoms with Crippen LogP contribution < -0.4 is 5.46 Å². The molecule has 6 rings (SSSR count). The van der Waals surface area contributed by atoms with Gasteiger partial charge in [-0.1, -0.05) is 97.1 Å². The molecule has 0 bridgehead atoms. The van der Waals surface area contributed by atoms with Crippen LogP contribution in [0.4, 0.5) is 0 Å². The SMILES string of the molecule is CC(C)(O)C(C)(C)O[B]c1ccc2c3c(cccc13)-c1cc(-c3ccccc3-c3ccccc3)ccc1-2. The summed E-state index contributed by atoms with van der Waals surface area (Å²) in [5.74, 6) is 0. The van der Waals surface area contributed by atoms with Gasteiger partial charge in [-0.15, -0.1) is 0 Å². The molecule has 0 saturated carbocycles. The summed E-state index contributed by atoms with van der Waals surface area (Å²) in [5, 5.41) is 12.9. The molecule has 5 aromatic rings. The van der Waals surface area contributed by atoms with Crippen molar-refractivity contribution in [2.45, 2.75) is 38.9 Å². The molecule has 0 aliphatic heterocycles. The Labute approximate surface area is 219 Å². The zero-order valence-corrected chi connectivity index (χ0v) is 21.7.